The van der Waals surface area contributed by atoms with E-state index in [4.69, 9.17) is 0 Å². The number of carbonyl (C=O) groups excluding carboxylic acids is 1. The van der Waals surface area contributed by atoms with E-state index in [1.807, 2.05) is 24.0 Å². The molecule has 8 heteroatoms. The molecule has 2 aliphatic rings. The van der Waals surface area contributed by atoms with Crippen LogP contribution in [0.1, 0.15) is 33.6 Å². The van der Waals surface area contributed by atoms with E-state index in [-0.39, 0.29) is 28.7 Å². The summed E-state index contributed by atoms with van der Waals surface area (Å²) in [5.74, 6) is 0.119. The maximum atomic E-state index is 12.1. The minimum Gasteiger partial charge on any atom is -0.372 e. The summed E-state index contributed by atoms with van der Waals surface area (Å²) in [6.07, 6.45) is 1.16. The highest BCUT2D eigenvalue weighted by Crippen LogP contribution is 2.41. The fourth-order valence-corrected chi connectivity index (χ4v) is 7.59. The smallest absolute Gasteiger partial charge is 0.248 e. The molecule has 0 aliphatic carbocycles. The molecular weight excluding hydrogens is 382 g/mol. The highest BCUT2D eigenvalue weighted by atomic mass is 32.2. The zero-order chi connectivity index (χ0) is 19.6. The van der Waals surface area contributed by atoms with Crippen molar-refractivity contribution in [1.29, 1.82) is 0 Å². The first-order valence-corrected chi connectivity index (χ1v) is 12.2. The number of sulfone groups is 1. The molecule has 0 N–H and O–H groups in total. The van der Waals surface area contributed by atoms with Crippen LogP contribution in [0.5, 0.6) is 0 Å². The molecule has 2 fully saturated rings. The fraction of sp³-hybridized carbons (Fsp3) is 0.579. The number of hydrogen-bond acceptors (Lipinski definition) is 5. The molecule has 1 amide bonds. The molecule has 1 aromatic rings. The predicted molar refractivity (Wildman–Crippen MR) is 114 cm³/mol. The third kappa shape index (κ3) is 4.32. The van der Waals surface area contributed by atoms with Gasteiger partial charge in [-0.25, -0.2) is 8.42 Å². The van der Waals surface area contributed by atoms with Crippen LogP contribution in [0.15, 0.2) is 29.3 Å². The minimum atomic E-state index is -3.05. The minimum absolute atomic E-state index is 0.0642. The summed E-state index contributed by atoms with van der Waals surface area (Å²) in [5.41, 5.74) is 2.03. The molecular formula is C19H27N3O3S2. The molecule has 148 valence electrons. The number of thioether (sulfide) groups is 1. The maximum Gasteiger partial charge on any atom is 0.248 e. The van der Waals surface area contributed by atoms with Crippen LogP contribution in [-0.4, -0.2) is 55.4 Å². The quantitative estimate of drug-likeness (QED) is 0.719. The van der Waals surface area contributed by atoms with Crippen LogP contribution in [0.25, 0.3) is 0 Å². The van der Waals surface area contributed by atoms with Crippen LogP contribution in [0, 0.1) is 0 Å². The molecule has 0 aromatic heterocycles. The molecule has 27 heavy (non-hydrogen) atoms. The lowest BCUT2D eigenvalue weighted by atomic mass is 10.2. The number of amidine groups is 1. The Kier molecular flexibility index (Phi) is 6.15. The molecule has 1 aromatic carbocycles. The van der Waals surface area contributed by atoms with Gasteiger partial charge < -0.3 is 9.80 Å². The second-order valence-electron chi connectivity index (χ2n) is 6.90. The van der Waals surface area contributed by atoms with Crippen molar-refractivity contribution in [1.82, 2.24) is 0 Å². The Morgan fingerprint density at radius 3 is 2.44 bits per heavy atom. The Morgan fingerprint density at radius 1 is 1.19 bits per heavy atom. The predicted octanol–water partition coefficient (Wildman–Crippen LogP) is 2.93. The molecule has 3 rings (SSSR count). The number of rotatable bonds is 6. The summed E-state index contributed by atoms with van der Waals surface area (Å²) in [6.45, 7) is 8.04. The van der Waals surface area contributed by atoms with Crippen molar-refractivity contribution in [3.63, 3.8) is 0 Å². The van der Waals surface area contributed by atoms with Gasteiger partial charge in [-0.05, 0) is 44.5 Å². The highest BCUT2D eigenvalue weighted by Gasteiger charge is 2.49. The van der Waals surface area contributed by atoms with Crippen LogP contribution in [0.4, 0.5) is 11.4 Å². The lowest BCUT2D eigenvalue weighted by Gasteiger charge is -2.26. The number of aliphatic imine (C=N–C) groups is 1. The number of fused-ring (bicyclic) bond motifs is 1. The number of hydrogen-bond donors (Lipinski definition) is 0. The third-order valence-electron chi connectivity index (χ3n) is 5.01. The van der Waals surface area contributed by atoms with E-state index in [1.165, 1.54) is 11.8 Å². The average Bonchev–Trinajstić information content (AvgIpc) is 3.07. The maximum absolute atomic E-state index is 12.1. The van der Waals surface area contributed by atoms with Crippen molar-refractivity contribution < 1.29 is 13.2 Å². The van der Waals surface area contributed by atoms with Crippen molar-refractivity contribution in [2.45, 2.75) is 44.9 Å². The second kappa shape index (κ2) is 8.22. The van der Waals surface area contributed by atoms with Gasteiger partial charge in [-0.15, -0.1) is 0 Å². The van der Waals surface area contributed by atoms with Gasteiger partial charge in [-0.2, -0.15) is 4.99 Å². The Labute approximate surface area is 165 Å². The lowest BCUT2D eigenvalue weighted by Crippen LogP contribution is -2.37. The van der Waals surface area contributed by atoms with Gasteiger partial charge in [0.2, 0.25) is 5.91 Å². The van der Waals surface area contributed by atoms with Gasteiger partial charge in [0.05, 0.1) is 17.5 Å². The number of anilines is 2. The zero-order valence-electron chi connectivity index (χ0n) is 16.1. The molecule has 0 bridgehead atoms. The topological polar surface area (TPSA) is 70.0 Å². The summed E-state index contributed by atoms with van der Waals surface area (Å²) < 4.78 is 24.2. The Hall–Kier alpha value is -1.54. The monoisotopic (exact) mass is 409 g/mol. The van der Waals surface area contributed by atoms with E-state index in [2.05, 4.69) is 35.9 Å². The number of nitrogens with zero attached hydrogens (tertiary/aromatic N) is 3. The van der Waals surface area contributed by atoms with Crippen molar-refractivity contribution in [2.75, 3.05) is 34.4 Å². The van der Waals surface area contributed by atoms with E-state index < -0.39 is 9.84 Å². The Bertz CT molecular complexity index is 817. The van der Waals surface area contributed by atoms with Gasteiger partial charge >= 0.3 is 0 Å². The van der Waals surface area contributed by atoms with E-state index in [9.17, 15) is 13.2 Å². The first-order chi connectivity index (χ1) is 12.9. The molecule has 2 atom stereocenters. The zero-order valence-corrected chi connectivity index (χ0v) is 17.7. The first kappa shape index (κ1) is 20.2. The summed E-state index contributed by atoms with van der Waals surface area (Å²) in [7, 11) is -3.05. The van der Waals surface area contributed by atoms with Crippen LogP contribution in [0.3, 0.4) is 0 Å². The third-order valence-corrected chi connectivity index (χ3v) is 8.22. The van der Waals surface area contributed by atoms with Gasteiger partial charge in [0, 0.05) is 36.1 Å². The molecule has 6 nitrogen and oxygen atoms in total. The molecule has 2 aliphatic heterocycles. The normalized spacial score (nSPS) is 25.0. The summed E-state index contributed by atoms with van der Waals surface area (Å²) in [4.78, 5) is 20.6. The number of amides is 1. The molecule has 0 spiro atoms. The van der Waals surface area contributed by atoms with Crippen LogP contribution in [0.2, 0.25) is 0 Å². The molecule has 0 unspecified atom stereocenters. The van der Waals surface area contributed by atoms with Crippen molar-refractivity contribution in [3.05, 3.63) is 24.3 Å². The van der Waals surface area contributed by atoms with Gasteiger partial charge in [0.1, 0.15) is 0 Å². The lowest BCUT2D eigenvalue weighted by molar-refractivity contribution is -0.117. The fourth-order valence-electron chi connectivity index (χ4n) is 3.66. The molecule has 2 heterocycles. The van der Waals surface area contributed by atoms with Gasteiger partial charge in [-0.3, -0.25) is 4.79 Å². The van der Waals surface area contributed by atoms with Crippen LogP contribution >= 0.6 is 11.8 Å². The number of carbonyl (C=O) groups is 1. The van der Waals surface area contributed by atoms with Crippen molar-refractivity contribution >= 4 is 44.0 Å². The largest absolute Gasteiger partial charge is 0.372 e. The van der Waals surface area contributed by atoms with Crippen LogP contribution in [-0.2, 0) is 14.6 Å². The van der Waals surface area contributed by atoms with E-state index in [1.54, 1.807) is 0 Å². The van der Waals surface area contributed by atoms with Crippen molar-refractivity contribution in [3.8, 4) is 0 Å². The Morgan fingerprint density at radius 2 is 1.85 bits per heavy atom. The highest BCUT2D eigenvalue weighted by molar-refractivity contribution is 8.16. The van der Waals surface area contributed by atoms with Gasteiger partial charge in [0.15, 0.2) is 15.0 Å². The SMILES string of the molecule is CCCC(=O)N=C1S[C@H]2CS(=O)(=O)C[C@@H]2N1c1ccc(N(CC)CC)cc1. The summed E-state index contributed by atoms with van der Waals surface area (Å²) >= 11 is 1.43. The Balaban J connectivity index is 1.93. The van der Waals surface area contributed by atoms with E-state index >= 15 is 0 Å². The van der Waals surface area contributed by atoms with Crippen LogP contribution < -0.4 is 9.80 Å². The molecule has 2 saturated heterocycles. The summed E-state index contributed by atoms with van der Waals surface area (Å²) in [6, 6.07) is 7.94. The molecule has 0 radical (unpaired) electrons. The van der Waals surface area contributed by atoms with Crippen molar-refractivity contribution in [2.24, 2.45) is 4.99 Å². The van der Waals surface area contributed by atoms with E-state index in [0.29, 0.717) is 11.6 Å². The molecule has 0 saturated carbocycles. The number of benzene rings is 1. The van der Waals surface area contributed by atoms with E-state index in [0.717, 1.165) is 30.9 Å². The standard InChI is InChI=1S/C19H27N3O3S2/c1-4-7-18(23)20-19-22(16-12-27(24,25)13-17(16)26-19)15-10-8-14(9-11-15)21(5-2)6-3/h8-11,16-17H,4-7,12-13H2,1-3H3/t16-,17-/m0/s1. The first-order valence-electron chi connectivity index (χ1n) is 9.51. The second-order valence-corrected chi connectivity index (χ2v) is 10.3. The van der Waals surface area contributed by atoms with Gasteiger partial charge in [-0.1, -0.05) is 18.7 Å². The summed E-state index contributed by atoms with van der Waals surface area (Å²) in [5, 5.41) is 0.569. The average molecular weight is 410 g/mol. The van der Waals surface area contributed by atoms with Gasteiger partial charge in [0.25, 0.3) is 0 Å².